The average molecular weight is 354 g/mol. The maximum absolute atomic E-state index is 12.7. The zero-order valence-electron chi connectivity index (χ0n) is 8.94. The highest BCUT2D eigenvalue weighted by molar-refractivity contribution is 9.08. The van der Waals surface area contributed by atoms with Gasteiger partial charge in [-0.05, 0) is 6.07 Å². The van der Waals surface area contributed by atoms with Crippen molar-refractivity contribution in [1.29, 1.82) is 0 Å². The third kappa shape index (κ3) is 4.23. The minimum Gasteiger partial charge on any atom is -0.403 e. The fraction of sp³-hybridized carbons (Fsp3) is 0.444. The normalized spacial score (nSPS) is 12.6. The smallest absolute Gasteiger partial charge is 0.403 e. The van der Waals surface area contributed by atoms with Crippen molar-refractivity contribution in [3.05, 3.63) is 23.0 Å². The van der Waals surface area contributed by atoms with Crippen molar-refractivity contribution in [3.8, 4) is 5.75 Å². The number of aliphatic hydroxyl groups excluding tert-OH is 1. The standard InChI is InChI=1S/C9H6BrF6NO2/c10-2-6-7(19-9(14,15)16)5(8(11,12)13)1-4(3-18)17-6/h1,18H,2-3H2. The summed E-state index contributed by atoms with van der Waals surface area (Å²) in [5.74, 6) is -1.42. The molecule has 0 spiro atoms. The van der Waals surface area contributed by atoms with Gasteiger partial charge in [0.15, 0.2) is 5.75 Å². The highest BCUT2D eigenvalue weighted by atomic mass is 79.9. The first-order valence-electron chi connectivity index (χ1n) is 4.61. The molecule has 0 amide bonds. The lowest BCUT2D eigenvalue weighted by atomic mass is 10.1. The average Bonchev–Trinajstić information content (AvgIpc) is 2.25. The highest BCUT2D eigenvalue weighted by Gasteiger charge is 2.41. The number of ether oxygens (including phenoxy) is 1. The Hall–Kier alpha value is -1.03. The van der Waals surface area contributed by atoms with Crippen LogP contribution in [0, 0.1) is 0 Å². The van der Waals surface area contributed by atoms with Crippen molar-refractivity contribution in [3.63, 3.8) is 0 Å². The molecule has 0 saturated heterocycles. The summed E-state index contributed by atoms with van der Waals surface area (Å²) in [6, 6.07) is 0.313. The van der Waals surface area contributed by atoms with E-state index in [1.54, 1.807) is 0 Å². The van der Waals surface area contributed by atoms with Crippen LogP contribution in [0.15, 0.2) is 6.07 Å². The number of aliphatic hydroxyl groups is 1. The fourth-order valence-electron chi connectivity index (χ4n) is 1.26. The zero-order chi connectivity index (χ0) is 14.8. The molecule has 0 saturated carbocycles. The summed E-state index contributed by atoms with van der Waals surface area (Å²) in [7, 11) is 0. The number of pyridine rings is 1. The van der Waals surface area contributed by atoms with E-state index in [0.717, 1.165) is 0 Å². The molecule has 0 aromatic carbocycles. The molecule has 0 fully saturated rings. The van der Waals surface area contributed by atoms with Gasteiger partial charge in [0.1, 0.15) is 5.56 Å². The quantitative estimate of drug-likeness (QED) is 0.669. The topological polar surface area (TPSA) is 42.4 Å². The van der Waals surface area contributed by atoms with E-state index in [4.69, 9.17) is 5.11 Å². The van der Waals surface area contributed by atoms with Gasteiger partial charge in [0.05, 0.1) is 18.0 Å². The van der Waals surface area contributed by atoms with Gasteiger partial charge >= 0.3 is 12.5 Å². The Kier molecular flexibility index (Phi) is 4.67. The molecule has 19 heavy (non-hydrogen) atoms. The predicted octanol–water partition coefficient (Wildman–Crippen LogP) is 3.39. The van der Waals surface area contributed by atoms with Gasteiger partial charge in [0.25, 0.3) is 0 Å². The number of halogens is 7. The van der Waals surface area contributed by atoms with Gasteiger partial charge in [-0.2, -0.15) is 13.2 Å². The van der Waals surface area contributed by atoms with E-state index in [0.29, 0.717) is 6.07 Å². The van der Waals surface area contributed by atoms with Crippen LogP contribution in [0.25, 0.3) is 0 Å². The van der Waals surface area contributed by atoms with Crippen LogP contribution in [0.1, 0.15) is 17.0 Å². The molecule has 1 N–H and O–H groups in total. The minimum atomic E-state index is -5.28. The third-order valence-electron chi connectivity index (χ3n) is 1.91. The second-order valence-electron chi connectivity index (χ2n) is 3.27. The van der Waals surface area contributed by atoms with E-state index in [9.17, 15) is 26.3 Å². The van der Waals surface area contributed by atoms with Gasteiger partial charge in [0, 0.05) is 5.33 Å². The Morgan fingerprint density at radius 1 is 1.21 bits per heavy atom. The molecule has 0 unspecified atom stereocenters. The Labute approximate surface area is 111 Å². The van der Waals surface area contributed by atoms with Gasteiger partial charge in [-0.25, -0.2) is 0 Å². The molecule has 0 atom stereocenters. The monoisotopic (exact) mass is 353 g/mol. The summed E-state index contributed by atoms with van der Waals surface area (Å²) in [6.45, 7) is -0.838. The molecule has 0 aliphatic rings. The third-order valence-corrected chi connectivity index (χ3v) is 2.44. The van der Waals surface area contributed by atoms with Crippen LogP contribution in [-0.4, -0.2) is 16.5 Å². The van der Waals surface area contributed by atoms with Gasteiger partial charge in [0.2, 0.25) is 0 Å². The van der Waals surface area contributed by atoms with Crippen LogP contribution in [0.2, 0.25) is 0 Å². The van der Waals surface area contributed by atoms with Crippen molar-refractivity contribution in [2.45, 2.75) is 24.5 Å². The van der Waals surface area contributed by atoms with Crippen molar-refractivity contribution in [1.82, 2.24) is 4.98 Å². The molecule has 1 aromatic rings. The molecule has 0 radical (unpaired) electrons. The summed E-state index contributed by atoms with van der Waals surface area (Å²) < 4.78 is 77.8. The second-order valence-corrected chi connectivity index (χ2v) is 3.84. The van der Waals surface area contributed by atoms with Crippen LogP contribution in [0.4, 0.5) is 26.3 Å². The van der Waals surface area contributed by atoms with Crippen molar-refractivity contribution >= 4 is 15.9 Å². The molecule has 0 aliphatic carbocycles. The van der Waals surface area contributed by atoms with Gasteiger partial charge < -0.3 is 9.84 Å². The first-order valence-corrected chi connectivity index (χ1v) is 5.73. The maximum atomic E-state index is 12.7. The largest absolute Gasteiger partial charge is 0.573 e. The SMILES string of the molecule is OCc1cc(C(F)(F)F)c(OC(F)(F)F)c(CBr)n1. The molecule has 3 nitrogen and oxygen atoms in total. The number of aromatic nitrogens is 1. The lowest BCUT2D eigenvalue weighted by Crippen LogP contribution is -2.22. The van der Waals surface area contributed by atoms with E-state index in [2.05, 4.69) is 25.7 Å². The number of rotatable bonds is 3. The predicted molar refractivity (Wildman–Crippen MR) is 54.5 cm³/mol. The molecule has 1 heterocycles. The Balaban J connectivity index is 3.47. The van der Waals surface area contributed by atoms with Crippen LogP contribution < -0.4 is 4.74 Å². The molecule has 108 valence electrons. The number of nitrogens with zero attached hydrogens (tertiary/aromatic N) is 1. The molecule has 10 heteroatoms. The van der Waals surface area contributed by atoms with E-state index >= 15 is 0 Å². The van der Waals surface area contributed by atoms with Crippen molar-refractivity contribution < 1.29 is 36.2 Å². The Morgan fingerprint density at radius 3 is 2.16 bits per heavy atom. The van der Waals surface area contributed by atoms with E-state index < -0.39 is 47.2 Å². The Bertz CT molecular complexity index is 459. The van der Waals surface area contributed by atoms with Crippen molar-refractivity contribution in [2.75, 3.05) is 0 Å². The van der Waals surface area contributed by atoms with E-state index in [1.807, 2.05) is 0 Å². The van der Waals surface area contributed by atoms with Crippen molar-refractivity contribution in [2.24, 2.45) is 0 Å². The van der Waals surface area contributed by atoms with Crippen LogP contribution in [-0.2, 0) is 18.1 Å². The molecule has 0 aliphatic heterocycles. The minimum absolute atomic E-state index is 0.313. The molecule has 1 rings (SSSR count). The molecule has 1 aromatic heterocycles. The molecular weight excluding hydrogens is 348 g/mol. The van der Waals surface area contributed by atoms with E-state index in [-0.39, 0.29) is 0 Å². The fourth-order valence-corrected chi connectivity index (χ4v) is 1.64. The van der Waals surface area contributed by atoms with Crippen LogP contribution in [0.3, 0.4) is 0 Å². The van der Waals surface area contributed by atoms with Crippen LogP contribution >= 0.6 is 15.9 Å². The highest BCUT2D eigenvalue weighted by Crippen LogP contribution is 2.40. The van der Waals surface area contributed by atoms with Crippen LogP contribution in [0.5, 0.6) is 5.75 Å². The zero-order valence-corrected chi connectivity index (χ0v) is 10.5. The summed E-state index contributed by atoms with van der Waals surface area (Å²) in [6.07, 6.45) is -10.3. The first kappa shape index (κ1) is 16.0. The van der Waals surface area contributed by atoms with Gasteiger partial charge in [-0.15, -0.1) is 13.2 Å². The maximum Gasteiger partial charge on any atom is 0.573 e. The lowest BCUT2D eigenvalue weighted by molar-refractivity contribution is -0.276. The van der Waals surface area contributed by atoms with Gasteiger partial charge in [-0.3, -0.25) is 4.98 Å². The lowest BCUT2D eigenvalue weighted by Gasteiger charge is -2.18. The summed E-state index contributed by atoms with van der Waals surface area (Å²) in [5, 5.41) is 8.37. The van der Waals surface area contributed by atoms with Gasteiger partial charge in [-0.1, -0.05) is 15.9 Å². The number of hydrogen-bond donors (Lipinski definition) is 1. The first-order chi connectivity index (χ1) is 8.58. The summed E-state index contributed by atoms with van der Waals surface area (Å²) >= 11 is 2.72. The Morgan fingerprint density at radius 2 is 1.79 bits per heavy atom. The summed E-state index contributed by atoms with van der Waals surface area (Å²) in [4.78, 5) is 3.45. The molecule has 0 bridgehead atoms. The van der Waals surface area contributed by atoms with E-state index in [1.165, 1.54) is 0 Å². The number of alkyl halides is 7. The second kappa shape index (κ2) is 5.53. The number of hydrogen-bond acceptors (Lipinski definition) is 3. The summed E-state index contributed by atoms with van der Waals surface area (Å²) in [5.41, 5.74) is -2.65. The molecular formula is C9H6BrF6NO2.